The maximum atomic E-state index is 14.6. The number of Topliss-reactive ketones (excluding diaryl/α,β-unsaturated/α-hetero) is 2. The lowest BCUT2D eigenvalue weighted by atomic mass is 9.47. The van der Waals surface area contributed by atoms with Crippen molar-refractivity contribution in [2.24, 2.45) is 22.6 Å². The van der Waals surface area contributed by atoms with Crippen LogP contribution in [0.4, 0.5) is 5.69 Å². The van der Waals surface area contributed by atoms with E-state index in [1.165, 1.54) is 37.4 Å². The summed E-state index contributed by atoms with van der Waals surface area (Å²) in [4.78, 5) is 56.0. The van der Waals surface area contributed by atoms with E-state index in [4.69, 9.17) is 21.6 Å². The smallest absolute Gasteiger partial charge is 0.287 e. The first-order valence-corrected chi connectivity index (χ1v) is 13.8. The van der Waals surface area contributed by atoms with Crippen LogP contribution in [-0.4, -0.2) is 88.9 Å². The number of fused-ring (bicyclic) bond motifs is 3. The van der Waals surface area contributed by atoms with Crippen LogP contribution in [0.25, 0.3) is 5.76 Å². The van der Waals surface area contributed by atoms with Crippen LogP contribution >= 0.6 is 0 Å². The van der Waals surface area contributed by atoms with Gasteiger partial charge < -0.3 is 47.2 Å². The number of furan rings is 1. The first-order chi connectivity index (χ1) is 21.0. The number of aliphatic hydroxyl groups excluding tert-OH is 2. The van der Waals surface area contributed by atoms with Gasteiger partial charge in [0, 0.05) is 31.9 Å². The Balaban J connectivity index is 1.76. The van der Waals surface area contributed by atoms with E-state index in [9.17, 15) is 39.8 Å². The molecule has 0 saturated heterocycles. The van der Waals surface area contributed by atoms with E-state index in [0.717, 1.165) is 0 Å². The quantitative estimate of drug-likeness (QED) is 0.201. The van der Waals surface area contributed by atoms with Crippen molar-refractivity contribution in [2.75, 3.05) is 33.1 Å². The number of phenols is 1. The molecule has 15 nitrogen and oxygen atoms in total. The van der Waals surface area contributed by atoms with Crippen molar-refractivity contribution in [3.63, 3.8) is 0 Å². The number of aromatic hydroxyl groups is 1. The molecule has 10 N–H and O–H groups in total. The summed E-state index contributed by atoms with van der Waals surface area (Å²) in [7, 11) is 6.29. The molecule has 1 fully saturated rings. The molecule has 3 aliphatic rings. The molecule has 1 saturated carbocycles. The molecule has 0 aliphatic heterocycles. The van der Waals surface area contributed by atoms with E-state index in [1.54, 1.807) is 31.1 Å². The van der Waals surface area contributed by atoms with Crippen molar-refractivity contribution in [3.05, 3.63) is 63.8 Å². The molecule has 5 rings (SSSR count). The van der Waals surface area contributed by atoms with E-state index < -0.39 is 80.8 Å². The zero-order chi connectivity index (χ0) is 33.4. The standard InChI is InChI=1S/C30H33N7O8/c1-36(2)15-8-13(10-35-27(44)16-6-5-7-45-16)20(38)17-14(15)9-28(33)11-30(34)23(37(3)4)22(40)18(26(32)43)24(41)29(30,12-31)25(42)19(28)21(17)39/h5-8,23,38-39,41H,9-11,33-34H2,1-4H3,(H2,32,43)(H,35,44)/t23-,28-,29+,30-/m1/s1. The van der Waals surface area contributed by atoms with Gasteiger partial charge in [-0.2, -0.15) is 5.26 Å². The van der Waals surface area contributed by atoms with Crippen LogP contribution in [0.5, 0.6) is 5.75 Å². The number of nitrogens with one attached hydrogen (secondary N) is 1. The zero-order valence-electron chi connectivity index (χ0n) is 25.0. The van der Waals surface area contributed by atoms with Crippen molar-refractivity contribution >= 4 is 34.8 Å². The van der Waals surface area contributed by atoms with Gasteiger partial charge in [0.2, 0.25) is 0 Å². The number of amides is 2. The third kappa shape index (κ3) is 4.06. The Bertz CT molecular complexity index is 1790. The van der Waals surface area contributed by atoms with Gasteiger partial charge in [0.25, 0.3) is 11.8 Å². The molecule has 236 valence electrons. The molecular formula is C30H33N7O8. The van der Waals surface area contributed by atoms with Gasteiger partial charge in [-0.3, -0.25) is 24.1 Å². The minimum absolute atomic E-state index is 0.0308. The number of likely N-dealkylation sites (N-methyl/N-ethyl adjacent to an activating group) is 1. The van der Waals surface area contributed by atoms with E-state index in [-0.39, 0.29) is 29.9 Å². The second-order valence-corrected chi connectivity index (χ2v) is 12.1. The number of nitrogens with two attached hydrogens (primary N) is 3. The summed E-state index contributed by atoms with van der Waals surface area (Å²) >= 11 is 0. The number of primary amides is 1. The van der Waals surface area contributed by atoms with Crippen LogP contribution < -0.4 is 27.4 Å². The number of nitriles is 1. The van der Waals surface area contributed by atoms with Crippen LogP contribution in [0.15, 0.2) is 45.8 Å². The fraction of sp³-hybridized carbons (Fsp3) is 0.367. The molecule has 2 amide bonds. The number of hydrogen-bond donors (Lipinski definition) is 7. The molecule has 15 heteroatoms. The number of nitrogens with zero attached hydrogens (tertiary/aromatic N) is 3. The Kier molecular flexibility index (Phi) is 7.08. The first kappa shape index (κ1) is 31.3. The van der Waals surface area contributed by atoms with Gasteiger partial charge in [-0.25, -0.2) is 0 Å². The van der Waals surface area contributed by atoms with Crippen LogP contribution in [0, 0.1) is 16.7 Å². The fourth-order valence-electron chi connectivity index (χ4n) is 7.14. The summed E-state index contributed by atoms with van der Waals surface area (Å²) in [6.07, 6.45) is 0.638. The fourth-order valence-corrected chi connectivity index (χ4v) is 7.14. The summed E-state index contributed by atoms with van der Waals surface area (Å²) in [5, 5.41) is 47.7. The summed E-state index contributed by atoms with van der Waals surface area (Å²) in [5.41, 5.74) is 11.7. The summed E-state index contributed by atoms with van der Waals surface area (Å²) in [6.45, 7) is -0.212. The predicted molar refractivity (Wildman–Crippen MR) is 158 cm³/mol. The highest BCUT2D eigenvalue weighted by molar-refractivity contribution is 6.25. The monoisotopic (exact) mass is 619 g/mol. The van der Waals surface area contributed by atoms with Crippen molar-refractivity contribution in [3.8, 4) is 11.8 Å². The Morgan fingerprint density at radius 2 is 1.84 bits per heavy atom. The van der Waals surface area contributed by atoms with E-state index in [2.05, 4.69) is 5.32 Å². The third-order valence-corrected chi connectivity index (χ3v) is 8.97. The second-order valence-electron chi connectivity index (χ2n) is 12.1. The van der Waals surface area contributed by atoms with Gasteiger partial charge in [0.1, 0.15) is 22.8 Å². The number of benzene rings is 1. The summed E-state index contributed by atoms with van der Waals surface area (Å²) in [5.74, 6) is -6.64. The number of ketones is 2. The van der Waals surface area contributed by atoms with Gasteiger partial charge >= 0.3 is 0 Å². The molecular weight excluding hydrogens is 586 g/mol. The molecule has 3 aliphatic carbocycles. The average molecular weight is 620 g/mol. The van der Waals surface area contributed by atoms with E-state index in [1.807, 2.05) is 0 Å². The zero-order valence-corrected chi connectivity index (χ0v) is 25.0. The average Bonchev–Trinajstić information content (AvgIpc) is 3.46. The minimum Gasteiger partial charge on any atom is -0.509 e. The molecule has 0 spiro atoms. The van der Waals surface area contributed by atoms with Crippen LogP contribution in [0.3, 0.4) is 0 Å². The van der Waals surface area contributed by atoms with Crippen LogP contribution in [0.2, 0.25) is 0 Å². The van der Waals surface area contributed by atoms with Crippen molar-refractivity contribution in [2.45, 2.75) is 36.5 Å². The van der Waals surface area contributed by atoms with Gasteiger partial charge in [-0.15, -0.1) is 0 Å². The number of anilines is 1. The molecule has 1 heterocycles. The Morgan fingerprint density at radius 3 is 2.38 bits per heavy atom. The maximum Gasteiger partial charge on any atom is 0.287 e. The number of hydrogen-bond acceptors (Lipinski definition) is 13. The highest BCUT2D eigenvalue weighted by atomic mass is 16.3. The lowest BCUT2D eigenvalue weighted by Crippen LogP contribution is -2.80. The number of aliphatic hydroxyl groups is 2. The third-order valence-electron chi connectivity index (χ3n) is 8.97. The molecule has 0 bridgehead atoms. The number of phenolic OH excluding ortho intramolecular Hbond substituents is 1. The first-order valence-electron chi connectivity index (χ1n) is 13.8. The van der Waals surface area contributed by atoms with E-state index in [0.29, 0.717) is 11.3 Å². The minimum atomic E-state index is -2.77. The van der Waals surface area contributed by atoms with Crippen LogP contribution in [-0.2, 0) is 27.3 Å². The molecule has 0 unspecified atom stereocenters. The molecule has 1 aromatic carbocycles. The molecule has 1 aromatic heterocycles. The Morgan fingerprint density at radius 1 is 1.18 bits per heavy atom. The second kappa shape index (κ2) is 10.2. The normalized spacial score (nSPS) is 27.5. The van der Waals surface area contributed by atoms with Gasteiger partial charge in [0.15, 0.2) is 22.7 Å². The Hall–Kier alpha value is -5.17. The SMILES string of the molecule is CN(C)c1cc(CNC(=O)c2ccco2)c(O)c2c1C[C@@]1(N)C[C@@]3(N)[C@H](N(C)C)C(=O)C(C(N)=O)=C(O)[C@@]3(C#N)C(=O)C1=C2O. The highest BCUT2D eigenvalue weighted by Crippen LogP contribution is 2.59. The molecule has 45 heavy (non-hydrogen) atoms. The largest absolute Gasteiger partial charge is 0.509 e. The van der Waals surface area contributed by atoms with Crippen molar-refractivity contribution in [1.82, 2.24) is 10.2 Å². The van der Waals surface area contributed by atoms with Gasteiger partial charge in [0.05, 0.1) is 40.6 Å². The lowest BCUT2D eigenvalue weighted by Gasteiger charge is -2.58. The number of rotatable bonds is 6. The Labute approximate surface area is 257 Å². The lowest BCUT2D eigenvalue weighted by molar-refractivity contribution is -0.139. The van der Waals surface area contributed by atoms with Crippen molar-refractivity contribution < 1.29 is 38.9 Å². The number of carbonyl (C=O) groups excluding carboxylic acids is 4. The highest BCUT2D eigenvalue weighted by Gasteiger charge is 2.74. The maximum absolute atomic E-state index is 14.6. The van der Waals surface area contributed by atoms with E-state index >= 15 is 0 Å². The van der Waals surface area contributed by atoms with Crippen molar-refractivity contribution in [1.29, 1.82) is 5.26 Å². The summed E-state index contributed by atoms with van der Waals surface area (Å²) < 4.78 is 5.10. The molecule has 2 aromatic rings. The van der Waals surface area contributed by atoms with Crippen LogP contribution in [0.1, 0.15) is 33.7 Å². The molecule has 4 atom stereocenters. The predicted octanol–water partition coefficient (Wildman–Crippen LogP) is -0.506. The number of carbonyl (C=O) groups is 4. The van der Waals surface area contributed by atoms with Gasteiger partial charge in [-0.1, -0.05) is 0 Å². The van der Waals surface area contributed by atoms with Gasteiger partial charge in [-0.05, 0) is 50.7 Å². The molecule has 0 radical (unpaired) electrons. The summed E-state index contributed by atoms with van der Waals surface area (Å²) in [6, 6.07) is 4.81. The topological polar surface area (TPSA) is 262 Å².